The first-order valence-corrected chi connectivity index (χ1v) is 7.86. The number of alkyl halides is 3. The molecule has 0 amide bonds. The van der Waals surface area contributed by atoms with Gasteiger partial charge in [0.05, 0.1) is 16.8 Å². The van der Waals surface area contributed by atoms with Gasteiger partial charge in [-0.25, -0.2) is 9.78 Å². The number of benzene rings is 1. The number of rotatable bonds is 3. The van der Waals surface area contributed by atoms with Crippen LogP contribution in [0.15, 0.2) is 24.3 Å². The van der Waals surface area contributed by atoms with Crippen molar-refractivity contribution in [2.24, 2.45) is 0 Å². The van der Waals surface area contributed by atoms with Gasteiger partial charge in [-0.1, -0.05) is 19.3 Å². The van der Waals surface area contributed by atoms with Crippen molar-refractivity contribution >= 4 is 22.6 Å². The second-order valence-electron chi connectivity index (χ2n) is 6.07. The largest absolute Gasteiger partial charge is 0.478 e. The number of hydrogen-bond acceptors (Lipinski definition) is 3. The number of pyridine rings is 1. The Labute approximate surface area is 136 Å². The molecule has 1 aromatic carbocycles. The average molecular weight is 338 g/mol. The monoisotopic (exact) mass is 338 g/mol. The Hall–Kier alpha value is -2.31. The van der Waals surface area contributed by atoms with E-state index in [9.17, 15) is 18.0 Å². The Kier molecular flexibility index (Phi) is 4.34. The van der Waals surface area contributed by atoms with Crippen LogP contribution >= 0.6 is 0 Å². The topological polar surface area (TPSA) is 62.2 Å². The number of fused-ring (bicyclic) bond motifs is 1. The fourth-order valence-electron chi connectivity index (χ4n) is 3.10. The summed E-state index contributed by atoms with van der Waals surface area (Å²) in [5.74, 6) is -1.13. The zero-order valence-corrected chi connectivity index (χ0v) is 12.9. The van der Waals surface area contributed by atoms with Crippen molar-refractivity contribution in [2.75, 3.05) is 5.32 Å². The van der Waals surface area contributed by atoms with E-state index >= 15 is 0 Å². The number of carboxylic acids is 1. The van der Waals surface area contributed by atoms with E-state index in [-0.39, 0.29) is 22.8 Å². The molecule has 0 saturated heterocycles. The minimum atomic E-state index is -4.57. The van der Waals surface area contributed by atoms with Gasteiger partial charge in [0.1, 0.15) is 0 Å². The number of carboxylic acid groups (broad SMARTS) is 1. The van der Waals surface area contributed by atoms with E-state index < -0.39 is 17.8 Å². The summed E-state index contributed by atoms with van der Waals surface area (Å²) in [5, 5.41) is 12.4. The zero-order chi connectivity index (χ0) is 17.3. The van der Waals surface area contributed by atoms with Crippen LogP contribution in [-0.2, 0) is 6.18 Å². The number of aromatic nitrogens is 1. The predicted molar refractivity (Wildman–Crippen MR) is 84.2 cm³/mol. The van der Waals surface area contributed by atoms with E-state index in [4.69, 9.17) is 5.11 Å². The molecule has 128 valence electrons. The highest BCUT2D eigenvalue weighted by Crippen LogP contribution is 2.36. The molecule has 1 fully saturated rings. The molecule has 0 aliphatic heterocycles. The third-order valence-electron chi connectivity index (χ3n) is 4.30. The Morgan fingerprint density at radius 2 is 1.88 bits per heavy atom. The number of nitrogens with zero attached hydrogens (tertiary/aromatic N) is 1. The first-order chi connectivity index (χ1) is 11.3. The Morgan fingerprint density at radius 1 is 1.17 bits per heavy atom. The highest BCUT2D eigenvalue weighted by atomic mass is 19.4. The van der Waals surface area contributed by atoms with Crippen LogP contribution in [0.2, 0.25) is 0 Å². The summed E-state index contributed by atoms with van der Waals surface area (Å²) in [6, 6.07) is 5.25. The molecule has 0 unspecified atom stereocenters. The van der Waals surface area contributed by atoms with Crippen LogP contribution in [0.3, 0.4) is 0 Å². The lowest BCUT2D eigenvalue weighted by Crippen LogP contribution is -2.24. The summed E-state index contributed by atoms with van der Waals surface area (Å²) >= 11 is 0. The van der Waals surface area contributed by atoms with Gasteiger partial charge in [-0.2, -0.15) is 13.2 Å². The Morgan fingerprint density at radius 3 is 2.50 bits per heavy atom. The van der Waals surface area contributed by atoms with E-state index in [1.54, 1.807) is 0 Å². The van der Waals surface area contributed by atoms with Crippen LogP contribution in [0.5, 0.6) is 0 Å². The fourth-order valence-corrected chi connectivity index (χ4v) is 3.10. The maximum absolute atomic E-state index is 13.3. The number of carbonyl (C=O) groups is 1. The van der Waals surface area contributed by atoms with Crippen molar-refractivity contribution in [1.82, 2.24) is 4.98 Å². The average Bonchev–Trinajstić information content (AvgIpc) is 2.53. The molecule has 3 rings (SSSR count). The molecule has 2 N–H and O–H groups in total. The standard InChI is InChI=1S/C17H17F3N2O2/c18-17(19,20)15-14(21-12-4-2-1-3-5-12)9-11-8-10(16(23)24)6-7-13(11)22-15/h6-9,12,21H,1-5H2,(H,23,24). The van der Waals surface area contributed by atoms with Gasteiger partial charge in [0.15, 0.2) is 5.69 Å². The smallest absolute Gasteiger partial charge is 0.435 e. The summed E-state index contributed by atoms with van der Waals surface area (Å²) < 4.78 is 40.0. The van der Waals surface area contributed by atoms with Gasteiger partial charge in [0, 0.05) is 11.4 Å². The Bertz CT molecular complexity index is 768. The first kappa shape index (κ1) is 16.5. The quantitative estimate of drug-likeness (QED) is 0.852. The fraction of sp³-hybridized carbons (Fsp3) is 0.412. The van der Waals surface area contributed by atoms with E-state index in [1.165, 1.54) is 24.3 Å². The van der Waals surface area contributed by atoms with E-state index in [0.29, 0.717) is 5.39 Å². The minimum absolute atomic E-state index is 0.0123. The van der Waals surface area contributed by atoms with Crippen molar-refractivity contribution in [3.8, 4) is 0 Å². The van der Waals surface area contributed by atoms with Crippen LogP contribution in [-0.4, -0.2) is 22.1 Å². The van der Waals surface area contributed by atoms with Gasteiger partial charge in [-0.3, -0.25) is 0 Å². The zero-order valence-electron chi connectivity index (χ0n) is 12.9. The molecular weight excluding hydrogens is 321 g/mol. The summed E-state index contributed by atoms with van der Waals surface area (Å²) in [4.78, 5) is 14.8. The lowest BCUT2D eigenvalue weighted by atomic mass is 9.95. The molecule has 2 aromatic rings. The molecule has 0 radical (unpaired) electrons. The predicted octanol–water partition coefficient (Wildman–Crippen LogP) is 4.70. The molecule has 1 saturated carbocycles. The van der Waals surface area contributed by atoms with Crippen molar-refractivity contribution in [2.45, 2.75) is 44.3 Å². The van der Waals surface area contributed by atoms with E-state index in [2.05, 4.69) is 10.3 Å². The van der Waals surface area contributed by atoms with Crippen LogP contribution in [0, 0.1) is 0 Å². The second-order valence-corrected chi connectivity index (χ2v) is 6.07. The SMILES string of the molecule is O=C(O)c1ccc2nc(C(F)(F)F)c(NC3CCCCC3)cc2c1. The number of anilines is 1. The van der Waals surface area contributed by atoms with Crippen molar-refractivity contribution in [3.63, 3.8) is 0 Å². The van der Waals surface area contributed by atoms with Gasteiger partial charge >= 0.3 is 12.1 Å². The molecular formula is C17H17F3N2O2. The second kappa shape index (κ2) is 6.30. The van der Waals surface area contributed by atoms with Crippen molar-refractivity contribution in [3.05, 3.63) is 35.5 Å². The molecule has 1 aromatic heterocycles. The van der Waals surface area contributed by atoms with Crippen molar-refractivity contribution < 1.29 is 23.1 Å². The van der Waals surface area contributed by atoms with Gasteiger partial charge in [-0.05, 0) is 37.1 Å². The third-order valence-corrected chi connectivity index (χ3v) is 4.30. The maximum atomic E-state index is 13.3. The van der Waals surface area contributed by atoms with Crippen LogP contribution < -0.4 is 5.32 Å². The molecule has 4 nitrogen and oxygen atoms in total. The molecule has 7 heteroatoms. The van der Waals surface area contributed by atoms with Crippen LogP contribution in [0.25, 0.3) is 10.9 Å². The van der Waals surface area contributed by atoms with E-state index in [1.807, 2.05) is 0 Å². The van der Waals surface area contributed by atoms with Crippen LogP contribution in [0.1, 0.15) is 48.2 Å². The summed E-state index contributed by atoms with van der Waals surface area (Å²) in [7, 11) is 0. The lowest BCUT2D eigenvalue weighted by Gasteiger charge is -2.25. The highest BCUT2D eigenvalue weighted by molar-refractivity contribution is 5.94. The molecule has 0 bridgehead atoms. The first-order valence-electron chi connectivity index (χ1n) is 7.86. The Balaban J connectivity index is 2.06. The van der Waals surface area contributed by atoms with Crippen LogP contribution in [0.4, 0.5) is 18.9 Å². The molecule has 1 aliphatic rings. The highest BCUT2D eigenvalue weighted by Gasteiger charge is 2.36. The van der Waals surface area contributed by atoms with Gasteiger partial charge < -0.3 is 10.4 Å². The normalized spacial score (nSPS) is 16.3. The number of aromatic carboxylic acids is 1. The molecule has 0 spiro atoms. The minimum Gasteiger partial charge on any atom is -0.478 e. The summed E-state index contributed by atoms with van der Waals surface area (Å²) in [6.45, 7) is 0. The van der Waals surface area contributed by atoms with E-state index in [0.717, 1.165) is 32.1 Å². The summed E-state index contributed by atoms with van der Waals surface area (Å²) in [6.07, 6.45) is 0.153. The lowest BCUT2D eigenvalue weighted by molar-refractivity contribution is -0.140. The number of halogens is 3. The van der Waals surface area contributed by atoms with Crippen molar-refractivity contribution in [1.29, 1.82) is 0 Å². The van der Waals surface area contributed by atoms with Gasteiger partial charge in [0.25, 0.3) is 0 Å². The molecule has 0 atom stereocenters. The molecule has 1 heterocycles. The number of nitrogens with one attached hydrogen (secondary N) is 1. The summed E-state index contributed by atoms with van der Waals surface area (Å²) in [5.41, 5.74) is -0.887. The third kappa shape index (κ3) is 3.44. The van der Waals surface area contributed by atoms with Gasteiger partial charge in [-0.15, -0.1) is 0 Å². The molecule has 24 heavy (non-hydrogen) atoms. The molecule has 1 aliphatic carbocycles. The maximum Gasteiger partial charge on any atom is 0.435 e. The number of hydrogen-bond donors (Lipinski definition) is 2. The van der Waals surface area contributed by atoms with Gasteiger partial charge in [0.2, 0.25) is 0 Å².